The predicted octanol–water partition coefficient (Wildman–Crippen LogP) is 6.87. The molecule has 1 saturated carbocycles. The minimum absolute atomic E-state index is 0.379. The first kappa shape index (κ1) is 28.5. The van der Waals surface area contributed by atoms with Crippen molar-refractivity contribution in [2.75, 3.05) is 0 Å². The molecule has 218 valence electrons. The minimum atomic E-state index is -0.544. The number of ether oxygens (including phenoxy) is 1. The molecule has 2 aromatic heterocycles. The molecule has 1 amide bonds. The highest BCUT2D eigenvalue weighted by Gasteiger charge is 2.52. The molecular weight excluding hydrogens is 525 g/mol. The Bertz CT molecular complexity index is 1600. The molecule has 1 aliphatic heterocycles. The predicted molar refractivity (Wildman–Crippen MR) is 167 cm³/mol. The van der Waals surface area contributed by atoms with Gasteiger partial charge in [-0.25, -0.2) is 9.78 Å². The Balaban J connectivity index is 1.37. The van der Waals surface area contributed by atoms with Crippen LogP contribution in [0.2, 0.25) is 0 Å². The topological polar surface area (TPSA) is 74.1 Å². The Hall–Kier alpha value is -3.62. The van der Waals surface area contributed by atoms with Crippen LogP contribution in [0.15, 0.2) is 72.9 Å². The van der Waals surface area contributed by atoms with Crippen LogP contribution in [0.4, 0.5) is 4.79 Å². The van der Waals surface area contributed by atoms with Crippen molar-refractivity contribution in [2.45, 2.75) is 90.1 Å². The molecule has 1 saturated heterocycles. The van der Waals surface area contributed by atoms with E-state index in [2.05, 4.69) is 80.0 Å². The third-order valence-electron chi connectivity index (χ3n) is 8.87. The number of alkyl carbamates (subject to hydrolysis) is 1. The van der Waals surface area contributed by atoms with Crippen molar-refractivity contribution in [3.63, 3.8) is 0 Å². The lowest BCUT2D eigenvalue weighted by molar-refractivity contribution is 0.00578. The summed E-state index contributed by atoms with van der Waals surface area (Å²) in [7, 11) is -0.468. The summed E-state index contributed by atoms with van der Waals surface area (Å²) in [5.41, 5.74) is 5.04. The number of nitrogens with one attached hydrogen (secondary N) is 1. The van der Waals surface area contributed by atoms with Crippen molar-refractivity contribution in [1.29, 1.82) is 0 Å². The SMILES string of the molecule is CC(C)(C)OC(=O)NC1(c2ccc(-c3nc4ccc(B5OC(C)(C)C(C)(C)O5)cn4c3-c3ccccc3)cc2)CCC1. The lowest BCUT2D eigenvalue weighted by Gasteiger charge is -2.43. The maximum Gasteiger partial charge on any atom is 0.496 e. The highest BCUT2D eigenvalue weighted by Crippen LogP contribution is 2.43. The van der Waals surface area contributed by atoms with Crippen molar-refractivity contribution in [3.05, 3.63) is 78.5 Å². The van der Waals surface area contributed by atoms with Gasteiger partial charge >= 0.3 is 13.2 Å². The van der Waals surface area contributed by atoms with E-state index in [1.54, 1.807) is 0 Å². The summed E-state index contributed by atoms with van der Waals surface area (Å²) in [6.45, 7) is 13.9. The van der Waals surface area contributed by atoms with Gasteiger partial charge in [0.15, 0.2) is 0 Å². The van der Waals surface area contributed by atoms with E-state index in [0.29, 0.717) is 0 Å². The van der Waals surface area contributed by atoms with Gasteiger partial charge in [0, 0.05) is 17.3 Å². The van der Waals surface area contributed by atoms with Crippen molar-refractivity contribution >= 4 is 24.3 Å². The Kier molecular flexibility index (Phi) is 6.78. The fraction of sp³-hybridized carbons (Fsp3) is 0.412. The van der Waals surface area contributed by atoms with Gasteiger partial charge in [-0.3, -0.25) is 4.40 Å². The molecule has 0 unspecified atom stereocenters. The minimum Gasteiger partial charge on any atom is -0.444 e. The summed E-state index contributed by atoms with van der Waals surface area (Å²) in [5.74, 6) is 0. The molecule has 0 atom stereocenters. The summed E-state index contributed by atoms with van der Waals surface area (Å²) in [5, 5.41) is 3.16. The second-order valence-corrected chi connectivity index (χ2v) is 13.6. The number of benzene rings is 2. The zero-order valence-corrected chi connectivity index (χ0v) is 25.7. The average molecular weight is 566 g/mol. The zero-order chi connectivity index (χ0) is 29.9. The second-order valence-electron chi connectivity index (χ2n) is 13.6. The number of imidazole rings is 1. The Morgan fingerprint density at radius 3 is 2.12 bits per heavy atom. The van der Waals surface area contributed by atoms with E-state index in [-0.39, 0.29) is 6.09 Å². The van der Waals surface area contributed by atoms with Crippen LogP contribution in [-0.2, 0) is 19.6 Å². The van der Waals surface area contributed by atoms with Gasteiger partial charge in [0.05, 0.1) is 28.1 Å². The zero-order valence-electron chi connectivity index (χ0n) is 25.7. The molecular formula is C34H40BN3O4. The van der Waals surface area contributed by atoms with Crippen LogP contribution >= 0.6 is 0 Å². The third kappa shape index (κ3) is 5.11. The van der Waals surface area contributed by atoms with E-state index in [4.69, 9.17) is 19.0 Å². The lowest BCUT2D eigenvalue weighted by Crippen LogP contribution is -2.52. The maximum atomic E-state index is 12.7. The Labute approximate surface area is 248 Å². The molecule has 8 heteroatoms. The third-order valence-corrected chi connectivity index (χ3v) is 8.87. The molecule has 1 N–H and O–H groups in total. The summed E-state index contributed by atoms with van der Waals surface area (Å²) in [6.07, 6.45) is 4.54. The van der Waals surface area contributed by atoms with E-state index >= 15 is 0 Å². The largest absolute Gasteiger partial charge is 0.496 e. The van der Waals surface area contributed by atoms with E-state index in [1.165, 1.54) is 0 Å². The molecule has 0 spiro atoms. The number of nitrogens with zero attached hydrogens (tertiary/aromatic N) is 2. The van der Waals surface area contributed by atoms with Crippen molar-refractivity contribution in [1.82, 2.24) is 14.7 Å². The van der Waals surface area contributed by atoms with Crippen LogP contribution in [0.3, 0.4) is 0 Å². The molecule has 0 bridgehead atoms. The maximum absolute atomic E-state index is 12.7. The number of hydrogen-bond donors (Lipinski definition) is 1. The second kappa shape index (κ2) is 9.99. The average Bonchev–Trinajstić information content (AvgIpc) is 3.38. The lowest BCUT2D eigenvalue weighted by atomic mass is 9.71. The highest BCUT2D eigenvalue weighted by molar-refractivity contribution is 6.62. The molecule has 7 nitrogen and oxygen atoms in total. The van der Waals surface area contributed by atoms with Crippen LogP contribution in [0.5, 0.6) is 0 Å². The van der Waals surface area contributed by atoms with Crippen LogP contribution in [0.1, 0.15) is 73.3 Å². The number of aromatic nitrogens is 2. The molecule has 2 aliphatic rings. The smallest absolute Gasteiger partial charge is 0.444 e. The number of pyridine rings is 1. The first-order valence-electron chi connectivity index (χ1n) is 14.8. The van der Waals surface area contributed by atoms with Gasteiger partial charge in [0.1, 0.15) is 11.2 Å². The summed E-state index contributed by atoms with van der Waals surface area (Å²) in [4.78, 5) is 17.8. The number of fused-ring (bicyclic) bond motifs is 1. The van der Waals surface area contributed by atoms with Crippen LogP contribution in [0, 0.1) is 0 Å². The van der Waals surface area contributed by atoms with Crippen molar-refractivity contribution in [2.24, 2.45) is 0 Å². The molecule has 2 aromatic carbocycles. The molecule has 0 radical (unpaired) electrons. The van der Waals surface area contributed by atoms with Gasteiger partial charge in [-0.15, -0.1) is 0 Å². The van der Waals surface area contributed by atoms with Gasteiger partial charge in [-0.1, -0.05) is 60.7 Å². The Morgan fingerprint density at radius 2 is 1.55 bits per heavy atom. The van der Waals surface area contributed by atoms with Crippen LogP contribution in [0.25, 0.3) is 28.2 Å². The van der Waals surface area contributed by atoms with Gasteiger partial charge < -0.3 is 19.4 Å². The van der Waals surface area contributed by atoms with E-state index in [0.717, 1.165) is 58.5 Å². The molecule has 1 aliphatic carbocycles. The van der Waals surface area contributed by atoms with E-state index in [9.17, 15) is 4.79 Å². The quantitative estimate of drug-likeness (QED) is 0.267. The first-order valence-corrected chi connectivity index (χ1v) is 14.8. The molecule has 6 rings (SSSR count). The monoisotopic (exact) mass is 565 g/mol. The number of rotatable bonds is 5. The number of carbonyl (C=O) groups excluding carboxylic acids is 1. The highest BCUT2D eigenvalue weighted by atomic mass is 16.7. The fourth-order valence-electron chi connectivity index (χ4n) is 5.72. The van der Waals surface area contributed by atoms with E-state index in [1.807, 2.05) is 51.1 Å². The standard InChI is InChI=1S/C34H40BN3O4/c1-31(2,3)40-30(39)37-34(20-11-21-34)25-16-14-23(15-17-25)28-29(24-12-9-8-10-13-24)38-22-26(18-19-27(38)36-28)35-41-32(4,5)33(6,7)42-35/h8-10,12-19,22H,11,20-21H2,1-7H3,(H,37,39). The summed E-state index contributed by atoms with van der Waals surface area (Å²) in [6, 6.07) is 22.8. The molecule has 2 fully saturated rings. The molecule has 4 aromatic rings. The normalized spacial score (nSPS) is 19.0. The molecule has 42 heavy (non-hydrogen) atoms. The first-order chi connectivity index (χ1) is 19.8. The Morgan fingerprint density at radius 1 is 0.905 bits per heavy atom. The van der Waals surface area contributed by atoms with Gasteiger partial charge in [-0.2, -0.15) is 0 Å². The number of carbonyl (C=O) groups is 1. The fourth-order valence-corrected chi connectivity index (χ4v) is 5.72. The van der Waals surface area contributed by atoms with Crippen molar-refractivity contribution in [3.8, 4) is 22.5 Å². The van der Waals surface area contributed by atoms with E-state index < -0.39 is 29.5 Å². The van der Waals surface area contributed by atoms with Crippen LogP contribution < -0.4 is 10.8 Å². The summed E-state index contributed by atoms with van der Waals surface area (Å²) < 4.78 is 20.4. The number of hydrogen-bond acceptors (Lipinski definition) is 5. The van der Waals surface area contributed by atoms with Gasteiger partial charge in [0.25, 0.3) is 0 Å². The molecule has 3 heterocycles. The summed E-state index contributed by atoms with van der Waals surface area (Å²) >= 11 is 0. The van der Waals surface area contributed by atoms with Crippen LogP contribution in [-0.4, -0.2) is 39.4 Å². The van der Waals surface area contributed by atoms with Gasteiger partial charge in [0.2, 0.25) is 0 Å². The van der Waals surface area contributed by atoms with Gasteiger partial charge in [-0.05, 0) is 84.8 Å². The van der Waals surface area contributed by atoms with Crippen molar-refractivity contribution < 1.29 is 18.8 Å². The number of amides is 1.